The Labute approximate surface area is 106 Å². The van der Waals surface area contributed by atoms with Crippen LogP contribution in [0.3, 0.4) is 0 Å². The van der Waals surface area contributed by atoms with E-state index in [0.29, 0.717) is 6.04 Å². The van der Waals surface area contributed by atoms with Crippen LogP contribution in [0.2, 0.25) is 0 Å². The first-order valence-electron chi connectivity index (χ1n) is 6.10. The van der Waals surface area contributed by atoms with Gasteiger partial charge in [0.05, 0.1) is 7.11 Å². The number of thiophene rings is 1. The fourth-order valence-electron chi connectivity index (χ4n) is 2.38. The second-order valence-corrected chi connectivity index (χ2v) is 5.52. The molecule has 0 bridgehead atoms. The van der Waals surface area contributed by atoms with Gasteiger partial charge in [-0.05, 0) is 36.8 Å². The highest BCUT2D eigenvalue weighted by atomic mass is 32.1. The van der Waals surface area contributed by atoms with E-state index < -0.39 is 0 Å². The van der Waals surface area contributed by atoms with Crippen molar-refractivity contribution in [1.82, 2.24) is 5.32 Å². The molecule has 1 atom stereocenters. The summed E-state index contributed by atoms with van der Waals surface area (Å²) >= 11 is 1.62. The zero-order chi connectivity index (χ0) is 12.3. The maximum Gasteiger partial charge on any atom is 0.328 e. The molecule has 1 aliphatic rings. The highest BCUT2D eigenvalue weighted by Gasteiger charge is 2.28. The second-order valence-electron chi connectivity index (χ2n) is 4.57. The molecule has 0 aromatic carbocycles. The van der Waals surface area contributed by atoms with Gasteiger partial charge in [-0.15, -0.1) is 11.3 Å². The van der Waals surface area contributed by atoms with Gasteiger partial charge in [0.2, 0.25) is 0 Å². The van der Waals surface area contributed by atoms with Crippen LogP contribution in [0.5, 0.6) is 0 Å². The number of hydrogen-bond donors (Lipinski definition) is 1. The fourth-order valence-corrected chi connectivity index (χ4v) is 3.35. The third-order valence-electron chi connectivity index (χ3n) is 3.36. The monoisotopic (exact) mass is 253 g/mol. The van der Waals surface area contributed by atoms with Gasteiger partial charge in [-0.3, -0.25) is 5.32 Å². The molecule has 1 aromatic rings. The van der Waals surface area contributed by atoms with Crippen LogP contribution in [0, 0.1) is 6.92 Å². The molecule has 0 amide bonds. The Morgan fingerprint density at radius 1 is 1.53 bits per heavy atom. The largest absolute Gasteiger partial charge is 0.468 e. The van der Waals surface area contributed by atoms with Crippen molar-refractivity contribution in [2.45, 2.75) is 44.7 Å². The number of nitrogens with one attached hydrogen (secondary N) is 1. The summed E-state index contributed by atoms with van der Waals surface area (Å²) in [5, 5.41) is 5.47. The van der Waals surface area contributed by atoms with Crippen molar-refractivity contribution in [2.24, 2.45) is 0 Å². The molecular formula is C13H19NO2S. The molecule has 1 heterocycles. The number of carbonyl (C=O) groups excluding carboxylic acids is 1. The number of carbonyl (C=O) groups is 1. The smallest absolute Gasteiger partial charge is 0.328 e. The topological polar surface area (TPSA) is 38.3 Å². The summed E-state index contributed by atoms with van der Waals surface area (Å²) in [5.74, 6) is -0.178. The van der Waals surface area contributed by atoms with Gasteiger partial charge in [0.25, 0.3) is 0 Å². The Kier molecular flexibility index (Phi) is 4.18. The van der Waals surface area contributed by atoms with Gasteiger partial charge in [-0.25, -0.2) is 4.79 Å². The average Bonchev–Trinajstić information content (AvgIpc) is 2.96. The lowest BCUT2D eigenvalue weighted by atomic mass is 10.1. The lowest BCUT2D eigenvalue weighted by molar-refractivity contribution is -0.143. The van der Waals surface area contributed by atoms with Crippen molar-refractivity contribution in [3.05, 3.63) is 21.9 Å². The molecule has 2 rings (SSSR count). The van der Waals surface area contributed by atoms with E-state index in [1.54, 1.807) is 11.3 Å². The standard InChI is InChI=1S/C13H19NO2S/c1-9-7-8-17-12(9)11(13(15)16-2)14-10-5-3-4-6-10/h7-8,10-11,14H,3-6H2,1-2H3. The number of hydrogen-bond acceptors (Lipinski definition) is 4. The molecule has 1 aromatic heterocycles. The van der Waals surface area contributed by atoms with Crippen molar-refractivity contribution in [1.29, 1.82) is 0 Å². The summed E-state index contributed by atoms with van der Waals surface area (Å²) in [5.41, 5.74) is 1.16. The normalized spacial score (nSPS) is 18.2. The molecule has 0 spiro atoms. The molecule has 1 fully saturated rings. The Hall–Kier alpha value is -0.870. The van der Waals surface area contributed by atoms with Crippen molar-refractivity contribution >= 4 is 17.3 Å². The van der Waals surface area contributed by atoms with Crippen LogP contribution in [-0.4, -0.2) is 19.1 Å². The summed E-state index contributed by atoms with van der Waals surface area (Å²) in [6, 6.07) is 2.22. The lowest BCUT2D eigenvalue weighted by Crippen LogP contribution is -2.36. The molecule has 4 heteroatoms. The molecule has 1 saturated carbocycles. The first-order chi connectivity index (χ1) is 8.22. The van der Waals surface area contributed by atoms with E-state index in [1.165, 1.54) is 20.0 Å². The molecule has 1 aliphatic carbocycles. The van der Waals surface area contributed by atoms with E-state index in [1.807, 2.05) is 18.4 Å². The number of aryl methyl sites for hydroxylation is 1. The average molecular weight is 253 g/mol. The highest BCUT2D eigenvalue weighted by Crippen LogP contribution is 2.28. The maximum atomic E-state index is 11.9. The lowest BCUT2D eigenvalue weighted by Gasteiger charge is -2.20. The van der Waals surface area contributed by atoms with Gasteiger partial charge in [0, 0.05) is 10.9 Å². The fraction of sp³-hybridized carbons (Fsp3) is 0.615. The highest BCUT2D eigenvalue weighted by molar-refractivity contribution is 7.10. The molecular weight excluding hydrogens is 234 g/mol. The number of methoxy groups -OCH3 is 1. The SMILES string of the molecule is COC(=O)C(NC1CCCC1)c1sccc1C. The van der Waals surface area contributed by atoms with E-state index in [0.717, 1.165) is 23.3 Å². The predicted molar refractivity (Wildman–Crippen MR) is 69.2 cm³/mol. The quantitative estimate of drug-likeness (QED) is 0.839. The molecule has 1 N–H and O–H groups in total. The predicted octanol–water partition coefficient (Wildman–Crippen LogP) is 2.80. The van der Waals surface area contributed by atoms with Crippen LogP contribution >= 0.6 is 11.3 Å². The third-order valence-corrected chi connectivity index (χ3v) is 4.44. The first kappa shape index (κ1) is 12.6. The van der Waals surface area contributed by atoms with Crippen LogP contribution in [0.15, 0.2) is 11.4 Å². The van der Waals surface area contributed by atoms with Crippen molar-refractivity contribution in [2.75, 3.05) is 7.11 Å². The summed E-state index contributed by atoms with van der Waals surface area (Å²) in [6.07, 6.45) is 4.85. The Bertz CT molecular complexity index is 383. The number of ether oxygens (including phenoxy) is 1. The first-order valence-corrected chi connectivity index (χ1v) is 6.98. The van der Waals surface area contributed by atoms with Crippen molar-refractivity contribution in [3.8, 4) is 0 Å². The molecule has 0 saturated heterocycles. The Morgan fingerprint density at radius 3 is 2.76 bits per heavy atom. The van der Waals surface area contributed by atoms with Crippen molar-refractivity contribution in [3.63, 3.8) is 0 Å². The zero-order valence-corrected chi connectivity index (χ0v) is 11.2. The van der Waals surface area contributed by atoms with Gasteiger partial charge >= 0.3 is 5.97 Å². The van der Waals surface area contributed by atoms with Gasteiger partial charge in [-0.1, -0.05) is 12.8 Å². The van der Waals surface area contributed by atoms with Gasteiger partial charge in [0.15, 0.2) is 0 Å². The summed E-state index contributed by atoms with van der Waals surface area (Å²) < 4.78 is 4.91. The number of esters is 1. The summed E-state index contributed by atoms with van der Waals surface area (Å²) in [7, 11) is 1.45. The minimum atomic E-state index is -0.289. The molecule has 94 valence electrons. The molecule has 17 heavy (non-hydrogen) atoms. The number of rotatable bonds is 4. The Morgan fingerprint density at radius 2 is 2.24 bits per heavy atom. The van der Waals surface area contributed by atoms with E-state index in [2.05, 4.69) is 5.32 Å². The maximum absolute atomic E-state index is 11.9. The third kappa shape index (κ3) is 2.87. The second kappa shape index (κ2) is 5.65. The van der Waals surface area contributed by atoms with E-state index in [-0.39, 0.29) is 12.0 Å². The van der Waals surface area contributed by atoms with Crippen LogP contribution < -0.4 is 5.32 Å². The van der Waals surface area contributed by atoms with Crippen LogP contribution in [0.25, 0.3) is 0 Å². The van der Waals surface area contributed by atoms with E-state index in [4.69, 9.17) is 4.74 Å². The van der Waals surface area contributed by atoms with Crippen molar-refractivity contribution < 1.29 is 9.53 Å². The zero-order valence-electron chi connectivity index (χ0n) is 10.4. The minimum absolute atomic E-state index is 0.178. The molecule has 1 unspecified atom stereocenters. The summed E-state index contributed by atoms with van der Waals surface area (Å²) in [4.78, 5) is 13.0. The molecule has 3 nitrogen and oxygen atoms in total. The van der Waals surface area contributed by atoms with Crippen LogP contribution in [0.1, 0.15) is 42.2 Å². The van der Waals surface area contributed by atoms with Gasteiger partial charge < -0.3 is 4.74 Å². The van der Waals surface area contributed by atoms with E-state index >= 15 is 0 Å². The minimum Gasteiger partial charge on any atom is -0.468 e. The van der Waals surface area contributed by atoms with Crippen LogP contribution in [-0.2, 0) is 9.53 Å². The van der Waals surface area contributed by atoms with Gasteiger partial charge in [-0.2, -0.15) is 0 Å². The molecule has 0 radical (unpaired) electrons. The summed E-state index contributed by atoms with van der Waals surface area (Å²) in [6.45, 7) is 2.04. The Balaban J connectivity index is 2.13. The van der Waals surface area contributed by atoms with Gasteiger partial charge in [0.1, 0.15) is 6.04 Å². The van der Waals surface area contributed by atoms with Crippen LogP contribution in [0.4, 0.5) is 0 Å². The van der Waals surface area contributed by atoms with E-state index in [9.17, 15) is 4.79 Å². The molecule has 0 aliphatic heterocycles.